The third-order valence-corrected chi connectivity index (χ3v) is 2.51. The van der Waals surface area contributed by atoms with Gasteiger partial charge in [-0.2, -0.15) is 0 Å². The topological polar surface area (TPSA) is 141 Å². The van der Waals surface area contributed by atoms with Gasteiger partial charge in [0.1, 0.15) is 6.04 Å². The summed E-state index contributed by atoms with van der Waals surface area (Å²) in [6.45, 7) is 1.44. The molecule has 0 heterocycles. The summed E-state index contributed by atoms with van der Waals surface area (Å²) in [6, 6.07) is -1.27. The van der Waals surface area contributed by atoms with Crippen LogP contribution >= 0.6 is 0 Å². The quantitative estimate of drug-likeness (QED) is 0.461. The van der Waals surface area contributed by atoms with Gasteiger partial charge in [0.05, 0.1) is 5.92 Å². The van der Waals surface area contributed by atoms with Crippen molar-refractivity contribution in [3.05, 3.63) is 0 Å². The van der Waals surface area contributed by atoms with Crippen molar-refractivity contribution < 1.29 is 34.5 Å². The van der Waals surface area contributed by atoms with Gasteiger partial charge in [-0.05, 0) is 12.8 Å². The highest BCUT2D eigenvalue weighted by molar-refractivity contribution is 5.84. The van der Waals surface area contributed by atoms with Crippen LogP contribution in [0.25, 0.3) is 0 Å². The molecular weight excluding hydrogens is 258 g/mol. The van der Waals surface area contributed by atoms with Gasteiger partial charge in [-0.25, -0.2) is 4.79 Å². The molecule has 2 atom stereocenters. The monoisotopic (exact) mass is 275 g/mol. The van der Waals surface area contributed by atoms with Crippen molar-refractivity contribution in [1.82, 2.24) is 5.32 Å². The van der Waals surface area contributed by atoms with E-state index in [1.54, 1.807) is 0 Å². The second-order valence-electron chi connectivity index (χ2n) is 4.17. The van der Waals surface area contributed by atoms with E-state index in [4.69, 9.17) is 15.3 Å². The predicted molar refractivity (Wildman–Crippen MR) is 62.5 cm³/mol. The Hall–Kier alpha value is -2.12. The first-order valence-electron chi connectivity index (χ1n) is 5.70. The van der Waals surface area contributed by atoms with E-state index in [1.807, 2.05) is 0 Å². The van der Waals surface area contributed by atoms with Crippen molar-refractivity contribution in [2.75, 3.05) is 0 Å². The van der Waals surface area contributed by atoms with E-state index in [2.05, 4.69) is 5.32 Å². The molecular formula is C11H17NO7. The number of aliphatic carboxylic acids is 3. The van der Waals surface area contributed by atoms with Gasteiger partial charge in [0.15, 0.2) is 0 Å². The Balaban J connectivity index is 4.20. The minimum Gasteiger partial charge on any atom is -0.481 e. The van der Waals surface area contributed by atoms with Crippen molar-refractivity contribution in [1.29, 1.82) is 0 Å². The summed E-state index contributed by atoms with van der Waals surface area (Å²) in [6.07, 6.45) is -0.621. The first kappa shape index (κ1) is 16.9. The van der Waals surface area contributed by atoms with Crippen LogP contribution in [0.2, 0.25) is 0 Å². The minimum absolute atomic E-state index is 0.0897. The van der Waals surface area contributed by atoms with E-state index in [0.717, 1.165) is 0 Å². The maximum Gasteiger partial charge on any atom is 0.326 e. The second kappa shape index (κ2) is 8.06. The number of hydrogen-bond acceptors (Lipinski definition) is 4. The molecule has 0 unspecified atom stereocenters. The molecule has 19 heavy (non-hydrogen) atoms. The lowest BCUT2D eigenvalue weighted by Crippen LogP contribution is -2.41. The summed E-state index contributed by atoms with van der Waals surface area (Å²) in [7, 11) is 0. The van der Waals surface area contributed by atoms with Crippen LogP contribution in [-0.2, 0) is 19.2 Å². The summed E-state index contributed by atoms with van der Waals surface area (Å²) < 4.78 is 0. The number of carbonyl (C=O) groups is 4. The molecule has 108 valence electrons. The van der Waals surface area contributed by atoms with E-state index < -0.39 is 35.8 Å². The van der Waals surface area contributed by atoms with Crippen LogP contribution in [0, 0.1) is 5.92 Å². The summed E-state index contributed by atoms with van der Waals surface area (Å²) in [5.41, 5.74) is 0. The Morgan fingerprint density at radius 2 is 1.53 bits per heavy atom. The molecule has 0 spiro atoms. The highest BCUT2D eigenvalue weighted by atomic mass is 16.4. The van der Waals surface area contributed by atoms with Crippen LogP contribution in [0.15, 0.2) is 0 Å². The van der Waals surface area contributed by atoms with Crippen molar-refractivity contribution in [2.45, 2.75) is 38.6 Å². The molecule has 0 radical (unpaired) electrons. The second-order valence-corrected chi connectivity index (χ2v) is 4.17. The molecule has 0 aliphatic rings. The molecule has 8 nitrogen and oxygen atoms in total. The molecule has 0 saturated carbocycles. The molecule has 0 rings (SSSR count). The highest BCUT2D eigenvalue weighted by Gasteiger charge is 2.21. The van der Waals surface area contributed by atoms with Gasteiger partial charge < -0.3 is 20.6 Å². The van der Waals surface area contributed by atoms with E-state index in [-0.39, 0.29) is 25.7 Å². The maximum absolute atomic E-state index is 11.4. The van der Waals surface area contributed by atoms with Gasteiger partial charge in [-0.3, -0.25) is 14.4 Å². The van der Waals surface area contributed by atoms with Crippen LogP contribution in [0.3, 0.4) is 0 Å². The smallest absolute Gasteiger partial charge is 0.326 e. The average molecular weight is 275 g/mol. The number of carboxylic acid groups (broad SMARTS) is 3. The number of nitrogens with one attached hydrogen (secondary N) is 1. The van der Waals surface area contributed by atoms with Gasteiger partial charge in [-0.1, -0.05) is 6.92 Å². The summed E-state index contributed by atoms with van der Waals surface area (Å²) >= 11 is 0. The highest BCUT2D eigenvalue weighted by Crippen LogP contribution is 2.06. The summed E-state index contributed by atoms with van der Waals surface area (Å²) in [5, 5.41) is 28.0. The van der Waals surface area contributed by atoms with Crippen molar-refractivity contribution in [2.24, 2.45) is 5.92 Å². The Bertz CT molecular complexity index is 366. The van der Waals surface area contributed by atoms with E-state index in [0.29, 0.717) is 0 Å². The zero-order chi connectivity index (χ0) is 15.0. The number of carbonyl (C=O) groups excluding carboxylic acids is 1. The SMILES string of the molecule is C[C@H](CCC(=O)N[C@H](CCC(=O)O)C(=O)O)C(=O)O. The van der Waals surface area contributed by atoms with Gasteiger partial charge in [0.25, 0.3) is 0 Å². The lowest BCUT2D eigenvalue weighted by Gasteiger charge is -2.14. The van der Waals surface area contributed by atoms with Crippen LogP contribution in [-0.4, -0.2) is 45.2 Å². The third kappa shape index (κ3) is 7.74. The largest absolute Gasteiger partial charge is 0.481 e. The predicted octanol–water partition coefficient (Wildman–Crippen LogP) is -0.0785. The van der Waals surface area contributed by atoms with Gasteiger partial charge in [0.2, 0.25) is 5.91 Å². The van der Waals surface area contributed by atoms with E-state index in [1.165, 1.54) is 6.92 Å². The molecule has 0 aromatic rings. The summed E-state index contributed by atoms with van der Waals surface area (Å²) in [4.78, 5) is 43.1. The molecule has 1 amide bonds. The van der Waals surface area contributed by atoms with Crippen LogP contribution in [0.5, 0.6) is 0 Å². The zero-order valence-corrected chi connectivity index (χ0v) is 10.5. The lowest BCUT2D eigenvalue weighted by atomic mass is 10.1. The number of amides is 1. The molecule has 0 saturated heterocycles. The normalized spacial score (nSPS) is 13.3. The zero-order valence-electron chi connectivity index (χ0n) is 10.5. The molecule has 0 aromatic carbocycles. The molecule has 0 aliphatic heterocycles. The van der Waals surface area contributed by atoms with Crippen LogP contribution in [0.1, 0.15) is 32.6 Å². The Morgan fingerprint density at radius 3 is 1.95 bits per heavy atom. The van der Waals surface area contributed by atoms with Crippen molar-refractivity contribution in [3.63, 3.8) is 0 Å². The molecule has 0 aromatic heterocycles. The maximum atomic E-state index is 11.4. The molecule has 0 fully saturated rings. The first-order chi connectivity index (χ1) is 8.73. The minimum atomic E-state index is -1.32. The van der Waals surface area contributed by atoms with E-state index in [9.17, 15) is 19.2 Å². The van der Waals surface area contributed by atoms with Gasteiger partial charge in [-0.15, -0.1) is 0 Å². The number of carboxylic acids is 3. The molecule has 8 heteroatoms. The number of rotatable bonds is 9. The first-order valence-corrected chi connectivity index (χ1v) is 5.70. The van der Waals surface area contributed by atoms with Crippen LogP contribution < -0.4 is 5.32 Å². The fraction of sp³-hybridized carbons (Fsp3) is 0.636. The molecule has 0 aliphatic carbocycles. The lowest BCUT2D eigenvalue weighted by molar-refractivity contribution is -0.144. The Labute approximate surface area is 109 Å². The van der Waals surface area contributed by atoms with Gasteiger partial charge in [0, 0.05) is 12.8 Å². The number of hydrogen-bond donors (Lipinski definition) is 4. The van der Waals surface area contributed by atoms with Crippen molar-refractivity contribution in [3.8, 4) is 0 Å². The summed E-state index contributed by atoms with van der Waals surface area (Å²) in [5.74, 6) is -4.81. The standard InChI is InChI=1S/C11H17NO7/c1-6(10(16)17)2-4-8(13)12-7(11(18)19)3-5-9(14)15/h6-7H,2-5H2,1H3,(H,12,13)(H,14,15)(H,16,17)(H,18,19)/t6-,7-/m1/s1. The molecule has 0 bridgehead atoms. The fourth-order valence-electron chi connectivity index (χ4n) is 1.26. The Morgan fingerprint density at radius 1 is 0.947 bits per heavy atom. The average Bonchev–Trinajstić information content (AvgIpc) is 2.30. The Kier molecular flexibility index (Phi) is 7.16. The van der Waals surface area contributed by atoms with Crippen molar-refractivity contribution >= 4 is 23.8 Å². The van der Waals surface area contributed by atoms with Gasteiger partial charge >= 0.3 is 17.9 Å². The van der Waals surface area contributed by atoms with E-state index >= 15 is 0 Å². The third-order valence-electron chi connectivity index (χ3n) is 2.51. The fourth-order valence-corrected chi connectivity index (χ4v) is 1.26. The van der Waals surface area contributed by atoms with Crippen LogP contribution in [0.4, 0.5) is 0 Å². The molecule has 4 N–H and O–H groups in total.